The molecule has 10 aromatic rings. The molecule has 0 unspecified atom stereocenters. The van der Waals surface area contributed by atoms with Crippen LogP contribution in [0.25, 0.3) is 45.1 Å². The summed E-state index contributed by atoms with van der Waals surface area (Å²) in [6.07, 6.45) is 6.33. The lowest BCUT2D eigenvalue weighted by molar-refractivity contribution is 0.0696. The first-order valence-electron chi connectivity index (χ1n) is 22.1. The number of fused-ring (bicyclic) bond motifs is 2. The van der Waals surface area contributed by atoms with E-state index in [0.29, 0.717) is 57.4 Å². The molecular weight excluding hydrogens is 986 g/mol. The van der Waals surface area contributed by atoms with Crippen molar-refractivity contribution in [3.63, 3.8) is 0 Å². The van der Waals surface area contributed by atoms with Gasteiger partial charge in [0.25, 0.3) is 5.24 Å². The predicted molar refractivity (Wildman–Crippen MR) is 282 cm³/mol. The Morgan fingerprint density at radius 2 is 1.04 bits per heavy atom. The number of para-hydroxylation sites is 4. The molecule has 0 radical (unpaired) electrons. The molecule has 0 spiro atoms. The normalized spacial score (nSPS) is 10.1. The minimum absolute atomic E-state index is 0.0347. The molecule has 0 saturated heterocycles. The molecule has 0 saturated carbocycles. The topological polar surface area (TPSA) is 310 Å². The molecule has 20 nitrogen and oxygen atoms in total. The van der Waals surface area contributed by atoms with Crippen LogP contribution < -0.4 is 36.1 Å². The van der Waals surface area contributed by atoms with E-state index in [0.717, 1.165) is 33.3 Å². The smallest absolute Gasteiger partial charge is 0.335 e. The zero-order valence-corrected chi connectivity index (χ0v) is 41.3. The number of nitrogens with two attached hydrogens (primary N) is 3. The maximum atomic E-state index is 12.7. The lowest BCUT2D eigenvalue weighted by atomic mass is 10.0. The van der Waals surface area contributed by atoms with Gasteiger partial charge in [-0.05, 0) is 121 Å². The molecule has 21 heteroatoms. The quantitative estimate of drug-likeness (QED) is 0.0594. The van der Waals surface area contributed by atoms with Crippen LogP contribution in [0, 0.1) is 0 Å². The molecule has 0 bridgehead atoms. The second-order valence-electron chi connectivity index (χ2n) is 15.2. The van der Waals surface area contributed by atoms with Gasteiger partial charge in [0, 0.05) is 52.7 Å². The number of pyridine rings is 4. The van der Waals surface area contributed by atoms with Gasteiger partial charge in [-0.25, -0.2) is 29.7 Å². The van der Waals surface area contributed by atoms with E-state index in [-0.39, 0.29) is 35.2 Å². The number of nitrogen functional groups attached to an aromatic ring is 3. The van der Waals surface area contributed by atoms with Gasteiger partial charge in [-0.2, -0.15) is 0 Å². The van der Waals surface area contributed by atoms with E-state index in [1.807, 2.05) is 66.7 Å². The number of carboxylic acid groups (broad SMARTS) is 1. The highest BCUT2D eigenvalue weighted by Crippen LogP contribution is 2.30. The number of hydrogen-bond acceptors (Lipinski definition) is 19. The molecule has 10 rings (SSSR count). The van der Waals surface area contributed by atoms with Crippen LogP contribution in [0.15, 0.2) is 167 Å². The molecule has 0 aliphatic heterocycles. The highest BCUT2D eigenvalue weighted by atomic mass is 35.5. The van der Waals surface area contributed by atoms with Gasteiger partial charge in [0.05, 0.1) is 40.4 Å². The first-order chi connectivity index (χ1) is 36.2. The first-order valence-corrected chi connectivity index (χ1v) is 22.5. The van der Waals surface area contributed by atoms with Crippen LogP contribution in [0.4, 0.5) is 17.5 Å². The number of methoxy groups -OCH3 is 4. The van der Waals surface area contributed by atoms with Crippen LogP contribution in [0.1, 0.15) is 36.8 Å². The largest absolute Gasteiger partial charge is 0.504 e. The Bertz CT molecular complexity index is 3470. The van der Waals surface area contributed by atoms with E-state index in [2.05, 4.69) is 29.9 Å². The maximum Gasteiger partial charge on any atom is 0.335 e. The average Bonchev–Trinajstić information content (AvgIpc) is 4.08. The number of aromatic carboxylic acids is 1. The highest BCUT2D eigenvalue weighted by Gasteiger charge is 2.15. The number of anilines is 3. The number of hydrogen-bond donors (Lipinski definition) is 5. The molecule has 6 heterocycles. The number of aromatic nitrogens is 6. The summed E-state index contributed by atoms with van der Waals surface area (Å²) in [5.74, 6) is 3.06. The molecule has 0 amide bonds. The minimum atomic E-state index is -0.992. The summed E-state index contributed by atoms with van der Waals surface area (Å²) < 4.78 is 31.9. The van der Waals surface area contributed by atoms with Crippen LogP contribution in [0.2, 0.25) is 0 Å². The van der Waals surface area contributed by atoms with Crippen molar-refractivity contribution in [3.8, 4) is 51.7 Å². The van der Waals surface area contributed by atoms with E-state index >= 15 is 0 Å². The Balaban J connectivity index is 0.000000165. The van der Waals surface area contributed by atoms with Crippen molar-refractivity contribution < 1.29 is 52.4 Å². The average molecular weight is 1030 g/mol. The van der Waals surface area contributed by atoms with Crippen molar-refractivity contribution in [2.45, 2.75) is 6.42 Å². The van der Waals surface area contributed by atoms with Crippen LogP contribution >= 0.6 is 11.6 Å². The zero-order chi connectivity index (χ0) is 53.9. The van der Waals surface area contributed by atoms with Gasteiger partial charge < -0.3 is 55.2 Å². The van der Waals surface area contributed by atoms with Crippen LogP contribution in [-0.2, 0) is 6.42 Å². The lowest BCUT2D eigenvalue weighted by Gasteiger charge is -2.09. The van der Waals surface area contributed by atoms with Crippen LogP contribution in [0.3, 0.4) is 0 Å². The summed E-state index contributed by atoms with van der Waals surface area (Å²) in [7, 11) is 6.12. The van der Waals surface area contributed by atoms with E-state index in [1.54, 1.807) is 62.0 Å². The van der Waals surface area contributed by atoms with Gasteiger partial charge in [0.1, 0.15) is 22.7 Å². The monoisotopic (exact) mass is 1030 g/mol. The van der Waals surface area contributed by atoms with Gasteiger partial charge in [-0.1, -0.05) is 24.3 Å². The molecular formula is C54H48ClN9O11. The van der Waals surface area contributed by atoms with Crippen LogP contribution in [-0.4, -0.2) is 85.6 Å². The Morgan fingerprint density at radius 3 is 1.51 bits per heavy atom. The number of carboxylic acids is 1. The number of ether oxygens (including phenoxy) is 4. The number of ketones is 1. The predicted octanol–water partition coefficient (Wildman–Crippen LogP) is 9.62. The Kier molecular flexibility index (Phi) is 19.1. The summed E-state index contributed by atoms with van der Waals surface area (Å²) in [4.78, 5) is 58.1. The van der Waals surface area contributed by atoms with Gasteiger partial charge in [0.2, 0.25) is 11.8 Å². The fourth-order valence-corrected chi connectivity index (χ4v) is 6.62. The van der Waals surface area contributed by atoms with E-state index in [9.17, 15) is 14.4 Å². The highest BCUT2D eigenvalue weighted by molar-refractivity contribution is 6.67. The molecule has 75 heavy (non-hydrogen) atoms. The number of aromatic hydroxyl groups is 1. The molecule has 382 valence electrons. The summed E-state index contributed by atoms with van der Waals surface area (Å²) in [6.45, 7) is 0. The maximum absolute atomic E-state index is 12.7. The van der Waals surface area contributed by atoms with Gasteiger partial charge in [0.15, 0.2) is 51.5 Å². The molecule has 4 aromatic carbocycles. The van der Waals surface area contributed by atoms with E-state index in [1.165, 1.54) is 58.0 Å². The molecule has 0 atom stereocenters. The first kappa shape index (κ1) is 54.3. The molecule has 0 fully saturated rings. The standard InChI is InChI=1S/C22H18N2O4.C12H9N3O.C9H9ClO3.C6H6N2O2.C5H6N2O/c1-26-20-8-7-14(12-21(20)27-2)18(25)13-16-11-15(9-10-23-16)22-24-17-5-3-4-6-19(17)28-22;13-11-7-8(5-6-14-11)12-15-9-3-1-2-4-10(9)16-12;1-12-7-4-3-6(9(10)11)5-8(7)13-2;7-5-3-4(6(9)10)1-2-8-5;6-5-4(8)2-1-3-7-5/h3-12H,13H2,1-2H3;1-7H,(H2,13,14);3-5H,1-2H3;1-3H,(H2,7,8)(H,9,10);1-3,8H,(H2,6,7). The molecule has 0 aliphatic carbocycles. The third kappa shape index (κ3) is 15.2. The van der Waals surface area contributed by atoms with Gasteiger partial charge in [-0.15, -0.1) is 0 Å². The molecule has 8 N–H and O–H groups in total. The van der Waals surface area contributed by atoms with Crippen LogP contribution in [0.5, 0.6) is 28.7 Å². The Hall–Kier alpha value is -10.1. The number of carbonyl (C=O) groups is 3. The second-order valence-corrected chi connectivity index (χ2v) is 15.5. The fourth-order valence-electron chi connectivity index (χ4n) is 6.51. The molecule has 0 aliphatic rings. The van der Waals surface area contributed by atoms with Gasteiger partial charge in [-0.3, -0.25) is 14.6 Å². The number of carbonyl (C=O) groups excluding carboxylic acids is 2. The van der Waals surface area contributed by atoms with E-state index in [4.69, 9.17) is 66.8 Å². The summed E-state index contributed by atoms with van der Waals surface area (Å²) in [5, 5.41) is 16.6. The summed E-state index contributed by atoms with van der Waals surface area (Å²) >= 11 is 5.29. The Labute approximate surface area is 433 Å². The Morgan fingerprint density at radius 1 is 0.533 bits per heavy atom. The zero-order valence-electron chi connectivity index (χ0n) is 40.6. The van der Waals surface area contributed by atoms with Crippen molar-refractivity contribution in [1.82, 2.24) is 29.9 Å². The summed E-state index contributed by atoms with van der Waals surface area (Å²) in [5.41, 5.74) is 22.4. The summed E-state index contributed by atoms with van der Waals surface area (Å²) in [6, 6.07) is 38.1. The minimum Gasteiger partial charge on any atom is -0.504 e. The van der Waals surface area contributed by atoms with Crippen molar-refractivity contribution >= 4 is 68.2 Å². The second kappa shape index (κ2) is 26.4. The third-order valence-electron chi connectivity index (χ3n) is 10.2. The molecule has 6 aromatic heterocycles. The SMILES string of the molecule is COc1ccc(C(=O)Cc2cc(-c3nc4ccccc4o3)ccn2)cc1OC.COc1ccc(C(=O)Cl)cc1OC.Nc1cc(-c2nc3ccccc3o2)ccn1.Nc1cc(C(=O)O)ccn1.Nc1ncccc1O. The van der Waals surface area contributed by atoms with Crippen molar-refractivity contribution in [1.29, 1.82) is 0 Å². The van der Waals surface area contributed by atoms with E-state index < -0.39 is 11.2 Å². The number of Topliss-reactive ketones (excluding diaryl/α,β-unsaturated/α-hetero) is 1. The van der Waals surface area contributed by atoms with Crippen molar-refractivity contribution in [3.05, 3.63) is 181 Å². The fraction of sp³-hybridized carbons (Fsp3) is 0.0926. The lowest BCUT2D eigenvalue weighted by Crippen LogP contribution is -2.06. The third-order valence-corrected chi connectivity index (χ3v) is 10.4. The number of rotatable bonds is 11. The number of halogens is 1. The number of oxazole rings is 2. The van der Waals surface area contributed by atoms with Gasteiger partial charge >= 0.3 is 5.97 Å². The van der Waals surface area contributed by atoms with Crippen molar-refractivity contribution in [2.75, 3.05) is 45.6 Å². The number of benzene rings is 4. The van der Waals surface area contributed by atoms with Crippen molar-refractivity contribution in [2.24, 2.45) is 0 Å². The number of nitrogens with zero attached hydrogens (tertiary/aromatic N) is 6.